The lowest BCUT2D eigenvalue weighted by Gasteiger charge is -2.32. The maximum atomic E-state index is 14.3. The third-order valence-electron chi connectivity index (χ3n) is 5.05. The summed E-state index contributed by atoms with van der Waals surface area (Å²) in [4.78, 5) is 27.3. The van der Waals surface area contributed by atoms with E-state index in [-0.39, 0.29) is 17.0 Å². The van der Waals surface area contributed by atoms with Crippen molar-refractivity contribution in [2.24, 2.45) is 0 Å². The fraction of sp³-hybridized carbons (Fsp3) is 0.417. The number of nitrogens with zero attached hydrogens (tertiary/aromatic N) is 2. The Morgan fingerprint density at radius 2 is 1.64 bits per heavy atom. The van der Waals surface area contributed by atoms with Gasteiger partial charge in [0.15, 0.2) is 0 Å². The number of hydrogen-bond acceptors (Lipinski definition) is 4. The highest BCUT2D eigenvalue weighted by Gasteiger charge is 2.31. The zero-order valence-corrected chi connectivity index (χ0v) is 20.7. The molecule has 0 saturated carbocycles. The predicted octanol–water partition coefficient (Wildman–Crippen LogP) is 3.09. The molecule has 0 fully saturated rings. The lowest BCUT2D eigenvalue weighted by molar-refractivity contribution is -0.141. The third-order valence-corrected chi connectivity index (χ3v) is 6.87. The Labute approximate surface area is 195 Å². The minimum atomic E-state index is -3.93. The summed E-state index contributed by atoms with van der Waals surface area (Å²) in [6.07, 6.45) is 0. The lowest BCUT2D eigenvalue weighted by atomic mass is 10.1. The third kappa shape index (κ3) is 7.10. The fourth-order valence-corrected chi connectivity index (χ4v) is 4.24. The molecule has 7 nitrogen and oxygen atoms in total. The van der Waals surface area contributed by atoms with Crippen LogP contribution in [0.15, 0.2) is 53.4 Å². The van der Waals surface area contributed by atoms with Gasteiger partial charge in [0.05, 0.1) is 11.4 Å². The van der Waals surface area contributed by atoms with Crippen molar-refractivity contribution in [2.75, 3.05) is 13.6 Å². The molecule has 0 aliphatic heterocycles. The van der Waals surface area contributed by atoms with E-state index in [0.717, 1.165) is 9.87 Å². The van der Waals surface area contributed by atoms with Crippen LogP contribution in [0, 0.1) is 12.7 Å². The molecule has 9 heteroatoms. The van der Waals surface area contributed by atoms with Crippen LogP contribution in [0.1, 0.15) is 38.8 Å². The minimum absolute atomic E-state index is 0.0579. The Hall–Kier alpha value is -2.78. The van der Waals surface area contributed by atoms with E-state index in [4.69, 9.17) is 0 Å². The topological polar surface area (TPSA) is 86.8 Å². The predicted molar refractivity (Wildman–Crippen MR) is 125 cm³/mol. The number of nitrogens with one attached hydrogen (secondary N) is 1. The first-order valence-electron chi connectivity index (χ1n) is 10.6. The molecule has 0 heterocycles. The van der Waals surface area contributed by atoms with Gasteiger partial charge < -0.3 is 10.2 Å². The molecule has 33 heavy (non-hydrogen) atoms. The Morgan fingerprint density at radius 1 is 1.06 bits per heavy atom. The van der Waals surface area contributed by atoms with Gasteiger partial charge >= 0.3 is 0 Å². The molecule has 2 amide bonds. The molecular formula is C24H32FN3O4S. The van der Waals surface area contributed by atoms with Gasteiger partial charge in [-0.2, -0.15) is 4.31 Å². The summed E-state index contributed by atoms with van der Waals surface area (Å²) in [5, 5.41) is 2.81. The van der Waals surface area contributed by atoms with Crippen molar-refractivity contribution in [1.29, 1.82) is 0 Å². The number of rotatable bonds is 8. The molecule has 0 radical (unpaired) electrons. The van der Waals surface area contributed by atoms with E-state index in [2.05, 4.69) is 5.32 Å². The first-order chi connectivity index (χ1) is 15.2. The molecule has 0 bridgehead atoms. The number of benzene rings is 2. The largest absolute Gasteiger partial charge is 0.350 e. The second-order valence-corrected chi connectivity index (χ2v) is 11.1. The smallest absolute Gasteiger partial charge is 0.243 e. The number of sulfonamides is 1. The van der Waals surface area contributed by atoms with Crippen molar-refractivity contribution in [1.82, 2.24) is 14.5 Å². The van der Waals surface area contributed by atoms with Crippen molar-refractivity contribution >= 4 is 21.8 Å². The molecule has 0 unspecified atom stereocenters. The summed E-state index contributed by atoms with van der Waals surface area (Å²) in [6, 6.07) is 11.3. The Bertz CT molecular complexity index is 1100. The van der Waals surface area contributed by atoms with Crippen LogP contribution in [0.3, 0.4) is 0 Å². The first-order valence-corrected chi connectivity index (χ1v) is 12.0. The molecule has 180 valence electrons. The highest BCUT2D eigenvalue weighted by atomic mass is 32.2. The van der Waals surface area contributed by atoms with E-state index in [9.17, 15) is 22.4 Å². The maximum absolute atomic E-state index is 14.3. The number of hydrogen-bond donors (Lipinski definition) is 1. The molecule has 0 spiro atoms. The molecule has 0 saturated heterocycles. The van der Waals surface area contributed by atoms with Gasteiger partial charge in [-0.15, -0.1) is 0 Å². The number of carbonyl (C=O) groups excluding carboxylic acids is 2. The summed E-state index contributed by atoms with van der Waals surface area (Å²) in [6.45, 7) is 8.12. The molecule has 1 N–H and O–H groups in total. The van der Waals surface area contributed by atoms with Crippen LogP contribution in [0.5, 0.6) is 0 Å². The summed E-state index contributed by atoms with van der Waals surface area (Å²) >= 11 is 0. The number of carbonyl (C=O) groups is 2. The number of aryl methyl sites for hydroxylation is 1. The molecular weight excluding hydrogens is 445 g/mol. The van der Waals surface area contributed by atoms with Crippen molar-refractivity contribution in [3.05, 3.63) is 65.5 Å². The molecule has 2 aromatic carbocycles. The molecule has 2 aromatic rings. The van der Waals surface area contributed by atoms with E-state index in [1.54, 1.807) is 18.2 Å². The molecule has 2 rings (SSSR count). The van der Waals surface area contributed by atoms with Crippen LogP contribution < -0.4 is 5.32 Å². The summed E-state index contributed by atoms with van der Waals surface area (Å²) in [5.41, 5.74) is 0.594. The van der Waals surface area contributed by atoms with Crippen LogP contribution in [0.2, 0.25) is 0 Å². The van der Waals surface area contributed by atoms with Gasteiger partial charge in [0, 0.05) is 24.7 Å². The van der Waals surface area contributed by atoms with Crippen molar-refractivity contribution < 1.29 is 22.4 Å². The van der Waals surface area contributed by atoms with Crippen molar-refractivity contribution in [2.45, 2.75) is 57.6 Å². The standard InChI is InChI=1S/C24H32FN3O4S/c1-17-11-13-20(14-12-17)33(31,32)27(6)16-22(29)28(15-19-9-7-8-10-21(19)25)18(2)23(30)26-24(3,4)5/h7-14,18H,15-16H2,1-6H3,(H,26,30)/t18-/m1/s1. The average molecular weight is 478 g/mol. The van der Waals surface area contributed by atoms with Gasteiger partial charge in [0.2, 0.25) is 21.8 Å². The van der Waals surface area contributed by atoms with Gasteiger partial charge in [0.25, 0.3) is 0 Å². The van der Waals surface area contributed by atoms with Crippen molar-refractivity contribution in [3.63, 3.8) is 0 Å². The quantitative estimate of drug-likeness (QED) is 0.633. The average Bonchev–Trinajstić information content (AvgIpc) is 2.71. The second-order valence-electron chi connectivity index (χ2n) is 9.10. The van der Waals surface area contributed by atoms with Crippen molar-refractivity contribution in [3.8, 4) is 0 Å². The van der Waals surface area contributed by atoms with Gasteiger partial charge in [-0.1, -0.05) is 35.9 Å². The van der Waals surface area contributed by atoms with Gasteiger partial charge in [-0.3, -0.25) is 9.59 Å². The SMILES string of the molecule is Cc1ccc(S(=O)(=O)N(C)CC(=O)N(Cc2ccccc2F)[C@H](C)C(=O)NC(C)(C)C)cc1. The van der Waals surface area contributed by atoms with Crippen LogP contribution >= 0.6 is 0 Å². The monoisotopic (exact) mass is 477 g/mol. The Kier molecular flexibility index (Phi) is 8.37. The highest BCUT2D eigenvalue weighted by molar-refractivity contribution is 7.89. The number of likely N-dealkylation sites (N-methyl/N-ethyl adjacent to an activating group) is 1. The van der Waals surface area contributed by atoms with Crippen LogP contribution in [0.25, 0.3) is 0 Å². The lowest BCUT2D eigenvalue weighted by Crippen LogP contribution is -2.54. The Balaban J connectivity index is 2.31. The summed E-state index contributed by atoms with van der Waals surface area (Å²) in [7, 11) is -2.63. The van der Waals surface area contributed by atoms with E-state index >= 15 is 0 Å². The minimum Gasteiger partial charge on any atom is -0.350 e. The number of amides is 2. The fourth-order valence-electron chi connectivity index (χ4n) is 3.12. The van der Waals surface area contributed by atoms with Crippen LogP contribution in [0.4, 0.5) is 4.39 Å². The summed E-state index contributed by atoms with van der Waals surface area (Å²) < 4.78 is 41.1. The van der Waals surface area contributed by atoms with Gasteiger partial charge in [0.1, 0.15) is 11.9 Å². The summed E-state index contributed by atoms with van der Waals surface area (Å²) in [5.74, 6) is -1.55. The van der Waals surface area contributed by atoms with E-state index in [0.29, 0.717) is 0 Å². The molecule has 1 atom stereocenters. The zero-order valence-electron chi connectivity index (χ0n) is 19.9. The van der Waals surface area contributed by atoms with Gasteiger partial charge in [-0.05, 0) is 52.8 Å². The highest BCUT2D eigenvalue weighted by Crippen LogP contribution is 2.18. The zero-order chi connectivity index (χ0) is 25.0. The van der Waals surface area contributed by atoms with Crippen LogP contribution in [-0.4, -0.2) is 54.6 Å². The normalized spacial score (nSPS) is 13.0. The molecule has 0 aliphatic carbocycles. The van der Waals surface area contributed by atoms with E-state index < -0.39 is 45.8 Å². The first kappa shape index (κ1) is 26.5. The number of halogens is 1. The van der Waals surface area contributed by atoms with Crippen LogP contribution in [-0.2, 0) is 26.2 Å². The van der Waals surface area contributed by atoms with E-state index in [1.165, 1.54) is 49.2 Å². The van der Waals surface area contributed by atoms with E-state index in [1.807, 2.05) is 27.7 Å². The Morgan fingerprint density at radius 3 is 2.18 bits per heavy atom. The molecule has 0 aliphatic rings. The maximum Gasteiger partial charge on any atom is 0.243 e. The second kappa shape index (κ2) is 10.4. The van der Waals surface area contributed by atoms with Gasteiger partial charge in [-0.25, -0.2) is 12.8 Å². The molecule has 0 aromatic heterocycles.